The molecule has 0 bridgehead atoms. The second-order valence-electron chi connectivity index (χ2n) is 3.54. The molecule has 0 amide bonds. The van der Waals surface area contributed by atoms with Crippen molar-refractivity contribution in [3.63, 3.8) is 0 Å². The molecule has 0 aliphatic carbocycles. The van der Waals surface area contributed by atoms with Gasteiger partial charge >= 0.3 is 5.97 Å². The van der Waals surface area contributed by atoms with Crippen LogP contribution in [0.4, 0.5) is 0 Å². The van der Waals surface area contributed by atoms with Crippen LogP contribution >= 0.6 is 0 Å². The van der Waals surface area contributed by atoms with Crippen molar-refractivity contribution >= 4 is 5.97 Å². The van der Waals surface area contributed by atoms with E-state index in [9.17, 15) is 4.79 Å². The number of carboxylic acid groups (broad SMARTS) is 1. The topological polar surface area (TPSA) is 72.8 Å². The Balaban J connectivity index is 2.52. The van der Waals surface area contributed by atoms with Gasteiger partial charge < -0.3 is 15.5 Å². The Morgan fingerprint density at radius 2 is 2.23 bits per heavy atom. The van der Waals surface area contributed by atoms with E-state index in [4.69, 9.17) is 10.2 Å². The fourth-order valence-electron chi connectivity index (χ4n) is 1.61. The Bertz CT molecular complexity index is 192. The highest BCUT2D eigenvalue weighted by atomic mass is 16.4. The van der Waals surface area contributed by atoms with E-state index in [0.717, 1.165) is 0 Å². The third-order valence-corrected chi connectivity index (χ3v) is 2.63. The standard InChI is InChI=1S/C8H16N2O3/c1-10(2-3-11)8(4-7(12)13)5-9-6-8/h9,11H,2-6H2,1H3,(H,12,13). The first-order valence-electron chi connectivity index (χ1n) is 4.35. The minimum atomic E-state index is -0.786. The molecule has 0 unspecified atom stereocenters. The first kappa shape index (κ1) is 10.4. The number of nitrogens with one attached hydrogen (secondary N) is 1. The highest BCUT2D eigenvalue weighted by Gasteiger charge is 2.42. The molecule has 13 heavy (non-hydrogen) atoms. The van der Waals surface area contributed by atoms with Crippen molar-refractivity contribution in [1.82, 2.24) is 10.2 Å². The number of likely N-dealkylation sites (N-methyl/N-ethyl adjacent to an activating group) is 1. The first-order valence-corrected chi connectivity index (χ1v) is 4.35. The number of β-amino-alcohol motifs (C(OH)–C–C–N with tert-alkyl or cyclic N) is 1. The second-order valence-corrected chi connectivity index (χ2v) is 3.54. The van der Waals surface area contributed by atoms with Gasteiger partial charge in [0.25, 0.3) is 0 Å². The van der Waals surface area contributed by atoms with Crippen LogP contribution in [0.1, 0.15) is 6.42 Å². The number of carbonyl (C=O) groups is 1. The number of carboxylic acids is 1. The lowest BCUT2D eigenvalue weighted by Gasteiger charge is -2.48. The molecule has 0 atom stereocenters. The maximum atomic E-state index is 10.6. The van der Waals surface area contributed by atoms with Crippen molar-refractivity contribution in [2.45, 2.75) is 12.0 Å². The van der Waals surface area contributed by atoms with E-state index >= 15 is 0 Å². The van der Waals surface area contributed by atoms with Crippen LogP contribution in [-0.2, 0) is 4.79 Å². The Morgan fingerprint density at radius 1 is 1.62 bits per heavy atom. The van der Waals surface area contributed by atoms with E-state index in [-0.39, 0.29) is 18.6 Å². The van der Waals surface area contributed by atoms with Crippen LogP contribution in [-0.4, -0.2) is 59.9 Å². The molecule has 0 aromatic rings. The summed E-state index contributed by atoms with van der Waals surface area (Å²) in [7, 11) is 1.85. The van der Waals surface area contributed by atoms with Crippen molar-refractivity contribution < 1.29 is 15.0 Å². The maximum absolute atomic E-state index is 10.6. The van der Waals surface area contributed by atoms with Crippen LogP contribution in [0.2, 0.25) is 0 Å². The van der Waals surface area contributed by atoms with Gasteiger partial charge in [0.1, 0.15) is 0 Å². The monoisotopic (exact) mass is 188 g/mol. The Labute approximate surface area is 77.3 Å². The molecule has 1 fully saturated rings. The fraction of sp³-hybridized carbons (Fsp3) is 0.875. The van der Waals surface area contributed by atoms with Gasteiger partial charge in [-0.2, -0.15) is 0 Å². The summed E-state index contributed by atoms with van der Waals surface area (Å²) in [6.07, 6.45) is 0.135. The molecule has 1 aliphatic rings. The normalized spacial score (nSPS) is 19.9. The van der Waals surface area contributed by atoms with Gasteiger partial charge in [0.2, 0.25) is 0 Å². The molecule has 0 saturated carbocycles. The van der Waals surface area contributed by atoms with Crippen LogP contribution in [0.25, 0.3) is 0 Å². The summed E-state index contributed by atoms with van der Waals surface area (Å²) in [6.45, 7) is 1.97. The summed E-state index contributed by atoms with van der Waals surface area (Å²) in [6, 6.07) is 0. The average Bonchev–Trinajstić information content (AvgIpc) is 1.96. The number of aliphatic carboxylic acids is 1. The van der Waals surface area contributed by atoms with Crippen molar-refractivity contribution in [2.75, 3.05) is 33.3 Å². The smallest absolute Gasteiger partial charge is 0.305 e. The zero-order valence-corrected chi connectivity index (χ0v) is 7.79. The zero-order chi connectivity index (χ0) is 9.90. The lowest BCUT2D eigenvalue weighted by atomic mass is 9.87. The van der Waals surface area contributed by atoms with Gasteiger partial charge in [-0.05, 0) is 7.05 Å². The molecule has 0 spiro atoms. The van der Waals surface area contributed by atoms with Crippen LogP contribution in [0, 0.1) is 0 Å². The van der Waals surface area contributed by atoms with Gasteiger partial charge in [-0.1, -0.05) is 0 Å². The molecule has 0 radical (unpaired) electrons. The lowest BCUT2D eigenvalue weighted by molar-refractivity contribution is -0.141. The number of hydrogen-bond acceptors (Lipinski definition) is 4. The number of hydrogen-bond donors (Lipinski definition) is 3. The third-order valence-electron chi connectivity index (χ3n) is 2.63. The Hall–Kier alpha value is -0.650. The minimum absolute atomic E-state index is 0.0673. The summed E-state index contributed by atoms with van der Waals surface area (Å²) in [5.41, 5.74) is -0.283. The van der Waals surface area contributed by atoms with Crippen LogP contribution in [0.3, 0.4) is 0 Å². The van der Waals surface area contributed by atoms with Gasteiger partial charge in [-0.3, -0.25) is 9.69 Å². The van der Waals surface area contributed by atoms with E-state index in [1.165, 1.54) is 0 Å². The Kier molecular flexibility index (Phi) is 3.24. The molecule has 1 aliphatic heterocycles. The highest BCUT2D eigenvalue weighted by molar-refractivity contribution is 5.68. The van der Waals surface area contributed by atoms with Crippen molar-refractivity contribution in [1.29, 1.82) is 0 Å². The van der Waals surface area contributed by atoms with Gasteiger partial charge in [-0.15, -0.1) is 0 Å². The molecule has 1 rings (SSSR count). The molecule has 76 valence electrons. The van der Waals surface area contributed by atoms with E-state index in [1.54, 1.807) is 0 Å². The van der Waals surface area contributed by atoms with E-state index in [0.29, 0.717) is 19.6 Å². The van der Waals surface area contributed by atoms with Gasteiger partial charge in [0.15, 0.2) is 0 Å². The predicted molar refractivity (Wildman–Crippen MR) is 47.6 cm³/mol. The first-order chi connectivity index (χ1) is 6.10. The van der Waals surface area contributed by atoms with Crippen LogP contribution < -0.4 is 5.32 Å². The molecule has 1 heterocycles. The predicted octanol–water partition coefficient (Wildman–Crippen LogP) is -1.27. The number of rotatable bonds is 5. The van der Waals surface area contributed by atoms with E-state index in [2.05, 4.69) is 5.32 Å². The molecular formula is C8H16N2O3. The summed E-state index contributed by atoms with van der Waals surface area (Å²) >= 11 is 0. The summed E-state index contributed by atoms with van der Waals surface area (Å²) in [5.74, 6) is -0.786. The number of aliphatic hydroxyl groups excluding tert-OH is 1. The average molecular weight is 188 g/mol. The van der Waals surface area contributed by atoms with Crippen LogP contribution in [0.15, 0.2) is 0 Å². The summed E-state index contributed by atoms with van der Waals surface area (Å²) in [4.78, 5) is 12.5. The second kappa shape index (κ2) is 4.04. The van der Waals surface area contributed by atoms with E-state index < -0.39 is 5.97 Å². The van der Waals surface area contributed by atoms with Gasteiger partial charge in [0, 0.05) is 19.6 Å². The number of nitrogens with zero attached hydrogens (tertiary/aromatic N) is 1. The van der Waals surface area contributed by atoms with Gasteiger partial charge in [-0.25, -0.2) is 0 Å². The molecule has 1 saturated heterocycles. The Morgan fingerprint density at radius 3 is 2.54 bits per heavy atom. The van der Waals surface area contributed by atoms with Crippen molar-refractivity contribution in [3.05, 3.63) is 0 Å². The highest BCUT2D eigenvalue weighted by Crippen LogP contribution is 2.22. The lowest BCUT2D eigenvalue weighted by Crippen LogP contribution is -2.69. The van der Waals surface area contributed by atoms with E-state index in [1.807, 2.05) is 11.9 Å². The van der Waals surface area contributed by atoms with Crippen LogP contribution in [0.5, 0.6) is 0 Å². The third kappa shape index (κ3) is 2.18. The SMILES string of the molecule is CN(CCO)C1(CC(=O)O)CNC1. The van der Waals surface area contributed by atoms with Crippen molar-refractivity contribution in [3.8, 4) is 0 Å². The zero-order valence-electron chi connectivity index (χ0n) is 7.79. The fourth-order valence-corrected chi connectivity index (χ4v) is 1.61. The maximum Gasteiger partial charge on any atom is 0.305 e. The van der Waals surface area contributed by atoms with Gasteiger partial charge in [0.05, 0.1) is 18.6 Å². The molecule has 5 nitrogen and oxygen atoms in total. The number of aliphatic hydroxyl groups is 1. The van der Waals surface area contributed by atoms with Crippen molar-refractivity contribution in [2.24, 2.45) is 0 Å². The quantitative estimate of drug-likeness (QED) is 0.501. The molecule has 5 heteroatoms. The molecule has 0 aromatic heterocycles. The summed E-state index contributed by atoms with van der Waals surface area (Å²) in [5, 5.41) is 20.5. The molecule has 3 N–H and O–H groups in total. The molecule has 0 aromatic carbocycles. The summed E-state index contributed by atoms with van der Waals surface area (Å²) < 4.78 is 0. The minimum Gasteiger partial charge on any atom is -0.481 e. The molecular weight excluding hydrogens is 172 g/mol. The largest absolute Gasteiger partial charge is 0.481 e.